The van der Waals surface area contributed by atoms with Crippen molar-refractivity contribution in [2.45, 2.75) is 39.7 Å². The van der Waals surface area contributed by atoms with E-state index in [1.54, 1.807) is 13.8 Å². The highest BCUT2D eigenvalue weighted by Crippen LogP contribution is 2.23. The van der Waals surface area contributed by atoms with Gasteiger partial charge in [0.1, 0.15) is 5.75 Å². The first-order valence-electron chi connectivity index (χ1n) is 5.51. The summed E-state index contributed by atoms with van der Waals surface area (Å²) in [6.07, 6.45) is 0.607. The van der Waals surface area contributed by atoms with E-state index in [1.165, 1.54) is 0 Å². The van der Waals surface area contributed by atoms with Crippen LogP contribution in [0.25, 0.3) is 0 Å². The number of aryl methyl sites for hydroxylation is 2. The molecule has 0 aliphatic carbocycles. The van der Waals surface area contributed by atoms with E-state index in [9.17, 15) is 5.11 Å². The fourth-order valence-electron chi connectivity index (χ4n) is 1.44. The molecule has 0 atom stereocenters. The number of anilines is 1. The molecule has 1 aromatic carbocycles. The van der Waals surface area contributed by atoms with E-state index in [1.807, 2.05) is 26.0 Å². The highest BCUT2D eigenvalue weighted by atomic mass is 16.5. The number of rotatable bonds is 4. The van der Waals surface area contributed by atoms with Gasteiger partial charge in [-0.3, -0.25) is 0 Å². The molecule has 1 aromatic rings. The first-order valence-corrected chi connectivity index (χ1v) is 5.51. The molecular formula is C13H21NO2. The number of hydrogen-bond donors (Lipinski definition) is 2. The molecule has 0 spiro atoms. The maximum absolute atomic E-state index is 9.55. The molecule has 0 bridgehead atoms. The van der Waals surface area contributed by atoms with Crippen molar-refractivity contribution in [2.75, 3.05) is 12.3 Å². The Kier molecular flexibility index (Phi) is 3.81. The van der Waals surface area contributed by atoms with Gasteiger partial charge in [-0.2, -0.15) is 0 Å². The molecule has 0 aliphatic rings. The maximum Gasteiger partial charge on any atom is 0.119 e. The lowest BCUT2D eigenvalue weighted by Crippen LogP contribution is -2.21. The Labute approximate surface area is 97.2 Å². The summed E-state index contributed by atoms with van der Waals surface area (Å²) in [5.41, 5.74) is 8.04. The summed E-state index contributed by atoms with van der Waals surface area (Å²) < 4.78 is 5.58. The molecule has 0 fully saturated rings. The van der Waals surface area contributed by atoms with Gasteiger partial charge in [0.2, 0.25) is 0 Å². The second kappa shape index (κ2) is 4.74. The zero-order valence-corrected chi connectivity index (χ0v) is 10.5. The van der Waals surface area contributed by atoms with Crippen molar-refractivity contribution in [2.24, 2.45) is 0 Å². The molecule has 3 N–H and O–H groups in total. The van der Waals surface area contributed by atoms with Crippen LogP contribution in [0.3, 0.4) is 0 Å². The fraction of sp³-hybridized carbons (Fsp3) is 0.538. The lowest BCUT2D eigenvalue weighted by Gasteiger charge is -2.17. The predicted molar refractivity (Wildman–Crippen MR) is 66.7 cm³/mol. The van der Waals surface area contributed by atoms with Crippen LogP contribution in [0.15, 0.2) is 12.1 Å². The fourth-order valence-corrected chi connectivity index (χ4v) is 1.44. The van der Waals surface area contributed by atoms with E-state index in [2.05, 4.69) is 0 Å². The summed E-state index contributed by atoms with van der Waals surface area (Å²) in [4.78, 5) is 0. The quantitative estimate of drug-likeness (QED) is 0.771. The van der Waals surface area contributed by atoms with Crippen molar-refractivity contribution >= 4 is 5.69 Å². The number of aliphatic hydroxyl groups is 1. The van der Waals surface area contributed by atoms with Crippen molar-refractivity contribution in [3.63, 3.8) is 0 Å². The third kappa shape index (κ3) is 3.74. The van der Waals surface area contributed by atoms with E-state index in [0.717, 1.165) is 22.6 Å². The van der Waals surface area contributed by atoms with Gasteiger partial charge >= 0.3 is 0 Å². The van der Waals surface area contributed by atoms with Crippen LogP contribution in [-0.2, 0) is 0 Å². The average molecular weight is 223 g/mol. The van der Waals surface area contributed by atoms with Gasteiger partial charge in [-0.15, -0.1) is 0 Å². The van der Waals surface area contributed by atoms with Crippen LogP contribution < -0.4 is 10.5 Å². The molecular weight excluding hydrogens is 202 g/mol. The third-order valence-corrected chi connectivity index (χ3v) is 2.55. The maximum atomic E-state index is 9.55. The molecule has 0 unspecified atom stereocenters. The molecule has 3 heteroatoms. The van der Waals surface area contributed by atoms with Crippen LogP contribution in [0.1, 0.15) is 31.4 Å². The lowest BCUT2D eigenvalue weighted by molar-refractivity contribution is 0.0553. The van der Waals surface area contributed by atoms with Gasteiger partial charge < -0.3 is 15.6 Å². The largest absolute Gasteiger partial charge is 0.493 e. The van der Waals surface area contributed by atoms with Gasteiger partial charge in [0, 0.05) is 12.1 Å². The van der Waals surface area contributed by atoms with E-state index >= 15 is 0 Å². The van der Waals surface area contributed by atoms with Gasteiger partial charge in [0.15, 0.2) is 0 Å². The SMILES string of the molecule is Cc1cc(OCCC(C)(C)O)cc(C)c1N. The molecule has 0 radical (unpaired) electrons. The average Bonchev–Trinajstić information content (AvgIpc) is 2.12. The minimum atomic E-state index is -0.683. The van der Waals surface area contributed by atoms with E-state index in [-0.39, 0.29) is 0 Å². The van der Waals surface area contributed by atoms with Crippen molar-refractivity contribution in [1.29, 1.82) is 0 Å². The lowest BCUT2D eigenvalue weighted by atomic mass is 10.1. The molecule has 90 valence electrons. The summed E-state index contributed by atoms with van der Waals surface area (Å²) in [6.45, 7) is 7.98. The summed E-state index contributed by atoms with van der Waals surface area (Å²) in [7, 11) is 0. The Morgan fingerprint density at radius 1 is 1.25 bits per heavy atom. The zero-order valence-electron chi connectivity index (χ0n) is 10.5. The highest BCUT2D eigenvalue weighted by Gasteiger charge is 2.12. The number of benzene rings is 1. The number of nitrogens with two attached hydrogens (primary N) is 1. The minimum absolute atomic E-state index is 0.506. The van der Waals surface area contributed by atoms with E-state index in [4.69, 9.17) is 10.5 Å². The van der Waals surface area contributed by atoms with Crippen LogP contribution in [0.2, 0.25) is 0 Å². The molecule has 0 aromatic heterocycles. The van der Waals surface area contributed by atoms with Gasteiger partial charge in [-0.05, 0) is 51.0 Å². The van der Waals surface area contributed by atoms with Crippen LogP contribution in [0, 0.1) is 13.8 Å². The van der Waals surface area contributed by atoms with E-state index < -0.39 is 5.60 Å². The van der Waals surface area contributed by atoms with Crippen molar-refractivity contribution in [1.82, 2.24) is 0 Å². The molecule has 16 heavy (non-hydrogen) atoms. The smallest absolute Gasteiger partial charge is 0.119 e. The molecule has 0 saturated carbocycles. The van der Waals surface area contributed by atoms with Gasteiger partial charge in [0.25, 0.3) is 0 Å². The van der Waals surface area contributed by atoms with Gasteiger partial charge in [0.05, 0.1) is 12.2 Å². The highest BCUT2D eigenvalue weighted by molar-refractivity contribution is 5.55. The summed E-state index contributed by atoms with van der Waals surface area (Å²) in [5, 5.41) is 9.55. The Morgan fingerprint density at radius 3 is 2.19 bits per heavy atom. The summed E-state index contributed by atoms with van der Waals surface area (Å²) >= 11 is 0. The monoisotopic (exact) mass is 223 g/mol. The molecule has 0 aliphatic heterocycles. The Balaban J connectivity index is 2.62. The Hall–Kier alpha value is -1.22. The number of nitrogen functional groups attached to an aromatic ring is 1. The standard InChI is InChI=1S/C13H21NO2/c1-9-7-11(8-10(2)12(9)14)16-6-5-13(3,4)15/h7-8,15H,5-6,14H2,1-4H3. The summed E-state index contributed by atoms with van der Waals surface area (Å²) in [5.74, 6) is 0.813. The van der Waals surface area contributed by atoms with Crippen molar-refractivity contribution < 1.29 is 9.84 Å². The van der Waals surface area contributed by atoms with Gasteiger partial charge in [-0.1, -0.05) is 0 Å². The first-order chi connectivity index (χ1) is 7.29. The molecule has 1 rings (SSSR count). The molecule has 0 amide bonds. The second-order valence-electron chi connectivity index (χ2n) is 4.88. The molecule has 3 nitrogen and oxygen atoms in total. The van der Waals surface area contributed by atoms with Crippen LogP contribution in [0.5, 0.6) is 5.75 Å². The van der Waals surface area contributed by atoms with Crippen molar-refractivity contribution in [3.05, 3.63) is 23.3 Å². The van der Waals surface area contributed by atoms with Gasteiger partial charge in [-0.25, -0.2) is 0 Å². The molecule has 0 saturated heterocycles. The Bertz CT molecular complexity index is 344. The number of hydrogen-bond acceptors (Lipinski definition) is 3. The minimum Gasteiger partial charge on any atom is -0.493 e. The molecule has 0 heterocycles. The van der Waals surface area contributed by atoms with Crippen molar-refractivity contribution in [3.8, 4) is 5.75 Å². The Morgan fingerprint density at radius 2 is 1.75 bits per heavy atom. The van der Waals surface area contributed by atoms with Crippen LogP contribution in [-0.4, -0.2) is 17.3 Å². The normalized spacial score (nSPS) is 11.6. The predicted octanol–water partition coefficient (Wildman–Crippen LogP) is 2.43. The van der Waals surface area contributed by atoms with Crippen LogP contribution in [0.4, 0.5) is 5.69 Å². The number of ether oxygens (including phenoxy) is 1. The topological polar surface area (TPSA) is 55.5 Å². The second-order valence-corrected chi connectivity index (χ2v) is 4.88. The van der Waals surface area contributed by atoms with Crippen LogP contribution >= 0.6 is 0 Å². The zero-order chi connectivity index (χ0) is 12.3. The third-order valence-electron chi connectivity index (χ3n) is 2.55. The first kappa shape index (κ1) is 12.8. The summed E-state index contributed by atoms with van der Waals surface area (Å²) in [6, 6.07) is 3.85. The van der Waals surface area contributed by atoms with E-state index in [0.29, 0.717) is 13.0 Å².